The van der Waals surface area contributed by atoms with Crippen LogP contribution in [0, 0.1) is 20.8 Å². The molecule has 0 aliphatic carbocycles. The fourth-order valence-corrected chi connectivity index (χ4v) is 3.07. The minimum absolute atomic E-state index is 0.394. The molecule has 2 heteroatoms. The van der Waals surface area contributed by atoms with Gasteiger partial charge in [-0.15, -0.1) is 11.3 Å². The van der Waals surface area contributed by atoms with E-state index in [0.29, 0.717) is 6.04 Å². The molecule has 1 aromatic carbocycles. The van der Waals surface area contributed by atoms with Crippen LogP contribution >= 0.6 is 11.3 Å². The van der Waals surface area contributed by atoms with Gasteiger partial charge in [0.1, 0.15) is 0 Å². The number of rotatable bonds is 4. The Morgan fingerprint density at radius 1 is 1.11 bits per heavy atom. The molecule has 18 heavy (non-hydrogen) atoms. The lowest BCUT2D eigenvalue weighted by Gasteiger charge is -2.15. The molecule has 1 atom stereocenters. The summed E-state index contributed by atoms with van der Waals surface area (Å²) < 4.78 is 0. The van der Waals surface area contributed by atoms with Crippen LogP contribution in [-0.4, -0.2) is 0 Å². The zero-order valence-electron chi connectivity index (χ0n) is 11.6. The van der Waals surface area contributed by atoms with Gasteiger partial charge in [-0.1, -0.05) is 29.3 Å². The summed E-state index contributed by atoms with van der Waals surface area (Å²) in [5, 5.41) is 5.77. The van der Waals surface area contributed by atoms with Crippen molar-refractivity contribution in [3.8, 4) is 0 Å². The molecule has 0 saturated heterocycles. The summed E-state index contributed by atoms with van der Waals surface area (Å²) in [5.74, 6) is 0. The van der Waals surface area contributed by atoms with E-state index < -0.39 is 0 Å². The minimum atomic E-state index is 0.394. The average Bonchev–Trinajstić information content (AvgIpc) is 2.70. The molecule has 0 aliphatic heterocycles. The molecule has 1 N–H and O–H groups in total. The van der Waals surface area contributed by atoms with Crippen LogP contribution in [0.4, 0.5) is 0 Å². The molecule has 2 aromatic rings. The van der Waals surface area contributed by atoms with Gasteiger partial charge < -0.3 is 5.32 Å². The van der Waals surface area contributed by atoms with Crippen molar-refractivity contribution in [2.24, 2.45) is 0 Å². The third-order valence-electron chi connectivity index (χ3n) is 3.28. The predicted molar refractivity (Wildman–Crippen MR) is 80.2 cm³/mol. The molecule has 1 heterocycles. The van der Waals surface area contributed by atoms with Crippen LogP contribution in [-0.2, 0) is 6.54 Å². The molecule has 0 bridgehead atoms. The summed E-state index contributed by atoms with van der Waals surface area (Å²) in [6.07, 6.45) is 0. The van der Waals surface area contributed by atoms with E-state index in [-0.39, 0.29) is 0 Å². The quantitative estimate of drug-likeness (QED) is 0.851. The summed E-state index contributed by atoms with van der Waals surface area (Å²) in [5.41, 5.74) is 5.44. The minimum Gasteiger partial charge on any atom is -0.305 e. The summed E-state index contributed by atoms with van der Waals surface area (Å²) in [7, 11) is 0. The van der Waals surface area contributed by atoms with Crippen LogP contribution in [0.3, 0.4) is 0 Å². The van der Waals surface area contributed by atoms with Crippen molar-refractivity contribution in [1.29, 1.82) is 0 Å². The Bertz CT molecular complexity index is 507. The largest absolute Gasteiger partial charge is 0.305 e. The van der Waals surface area contributed by atoms with Gasteiger partial charge in [0.05, 0.1) is 0 Å². The van der Waals surface area contributed by atoms with Crippen LogP contribution in [0.5, 0.6) is 0 Å². The zero-order valence-corrected chi connectivity index (χ0v) is 12.4. The zero-order chi connectivity index (χ0) is 13.1. The van der Waals surface area contributed by atoms with Gasteiger partial charge in [0, 0.05) is 17.5 Å². The van der Waals surface area contributed by atoms with Crippen LogP contribution in [0.1, 0.15) is 40.1 Å². The fourth-order valence-electron chi connectivity index (χ4n) is 2.21. The van der Waals surface area contributed by atoms with E-state index in [4.69, 9.17) is 0 Å². The van der Waals surface area contributed by atoms with E-state index in [9.17, 15) is 0 Å². The van der Waals surface area contributed by atoms with Gasteiger partial charge in [-0.2, -0.15) is 0 Å². The first kappa shape index (κ1) is 13.3. The molecule has 1 aromatic heterocycles. The normalized spacial score (nSPS) is 12.7. The number of benzene rings is 1. The number of hydrogen-bond acceptors (Lipinski definition) is 2. The number of hydrogen-bond donors (Lipinski definition) is 1. The van der Waals surface area contributed by atoms with E-state index in [0.717, 1.165) is 6.54 Å². The fraction of sp³-hybridized carbons (Fsp3) is 0.375. The van der Waals surface area contributed by atoms with Crippen molar-refractivity contribution in [3.05, 3.63) is 56.8 Å². The van der Waals surface area contributed by atoms with Gasteiger partial charge in [-0.05, 0) is 50.3 Å². The Balaban J connectivity index is 2.03. The van der Waals surface area contributed by atoms with Crippen molar-refractivity contribution in [3.63, 3.8) is 0 Å². The smallest absolute Gasteiger partial charge is 0.0308 e. The topological polar surface area (TPSA) is 12.0 Å². The Morgan fingerprint density at radius 3 is 2.33 bits per heavy atom. The highest BCUT2D eigenvalue weighted by atomic mass is 32.1. The van der Waals surface area contributed by atoms with E-state index >= 15 is 0 Å². The van der Waals surface area contributed by atoms with Gasteiger partial charge >= 0.3 is 0 Å². The lowest BCUT2D eigenvalue weighted by molar-refractivity contribution is 0.577. The van der Waals surface area contributed by atoms with Gasteiger partial charge in [0.25, 0.3) is 0 Å². The summed E-state index contributed by atoms with van der Waals surface area (Å²) in [4.78, 5) is 1.44. The van der Waals surface area contributed by atoms with Crippen molar-refractivity contribution < 1.29 is 0 Å². The second-order valence-electron chi connectivity index (χ2n) is 5.05. The van der Waals surface area contributed by atoms with Crippen molar-refractivity contribution in [1.82, 2.24) is 5.32 Å². The molecule has 0 fully saturated rings. The average molecular weight is 259 g/mol. The maximum atomic E-state index is 3.61. The highest BCUT2D eigenvalue weighted by Gasteiger charge is 2.07. The first-order valence-corrected chi connectivity index (χ1v) is 7.29. The third kappa shape index (κ3) is 3.21. The molecular formula is C16H21NS. The SMILES string of the molecule is Cc1cc(C)cc(C(C)NCc2sccc2C)c1. The highest BCUT2D eigenvalue weighted by molar-refractivity contribution is 7.10. The standard InChI is InChI=1S/C16H21NS/c1-11-7-12(2)9-15(8-11)14(4)17-10-16-13(3)5-6-18-16/h5-9,14,17H,10H2,1-4H3. The molecule has 1 nitrogen and oxygen atoms in total. The first-order valence-electron chi connectivity index (χ1n) is 6.41. The van der Waals surface area contributed by atoms with Gasteiger partial charge in [0.2, 0.25) is 0 Å². The van der Waals surface area contributed by atoms with Crippen molar-refractivity contribution >= 4 is 11.3 Å². The molecule has 0 spiro atoms. The molecule has 0 amide bonds. The third-order valence-corrected chi connectivity index (χ3v) is 4.30. The Morgan fingerprint density at radius 2 is 1.78 bits per heavy atom. The van der Waals surface area contributed by atoms with Crippen LogP contribution in [0.15, 0.2) is 29.6 Å². The molecule has 1 unspecified atom stereocenters. The lowest BCUT2D eigenvalue weighted by atomic mass is 10.0. The Labute approximate surface area is 114 Å². The first-order chi connectivity index (χ1) is 8.56. The lowest BCUT2D eigenvalue weighted by Crippen LogP contribution is -2.18. The highest BCUT2D eigenvalue weighted by Crippen LogP contribution is 2.19. The summed E-state index contributed by atoms with van der Waals surface area (Å²) in [6, 6.07) is 9.34. The molecule has 0 radical (unpaired) electrons. The second kappa shape index (κ2) is 5.68. The Kier molecular flexibility index (Phi) is 4.20. The Hall–Kier alpha value is -1.12. The van der Waals surface area contributed by atoms with E-state index in [1.54, 1.807) is 0 Å². The van der Waals surface area contributed by atoms with Crippen LogP contribution in [0.25, 0.3) is 0 Å². The van der Waals surface area contributed by atoms with Gasteiger partial charge in [0.15, 0.2) is 0 Å². The van der Waals surface area contributed by atoms with Crippen LogP contribution < -0.4 is 5.32 Å². The van der Waals surface area contributed by atoms with E-state index in [2.05, 4.69) is 62.7 Å². The van der Waals surface area contributed by atoms with Gasteiger partial charge in [-0.25, -0.2) is 0 Å². The van der Waals surface area contributed by atoms with Gasteiger partial charge in [-0.3, -0.25) is 0 Å². The maximum absolute atomic E-state index is 3.61. The summed E-state index contributed by atoms with van der Waals surface area (Å²) in [6.45, 7) is 9.68. The van der Waals surface area contributed by atoms with Crippen molar-refractivity contribution in [2.45, 2.75) is 40.3 Å². The van der Waals surface area contributed by atoms with Crippen molar-refractivity contribution in [2.75, 3.05) is 0 Å². The second-order valence-corrected chi connectivity index (χ2v) is 6.05. The number of thiophene rings is 1. The number of aryl methyl sites for hydroxylation is 3. The number of nitrogens with one attached hydrogen (secondary N) is 1. The predicted octanol–water partition coefficient (Wildman–Crippen LogP) is 4.52. The molecule has 2 rings (SSSR count). The molecule has 0 saturated carbocycles. The van der Waals surface area contributed by atoms with Crippen LogP contribution in [0.2, 0.25) is 0 Å². The molecule has 96 valence electrons. The maximum Gasteiger partial charge on any atom is 0.0308 e. The van der Waals surface area contributed by atoms with E-state index in [1.165, 1.54) is 27.1 Å². The summed E-state index contributed by atoms with van der Waals surface area (Å²) >= 11 is 1.83. The monoisotopic (exact) mass is 259 g/mol. The van der Waals surface area contributed by atoms with E-state index in [1.807, 2.05) is 11.3 Å². The molecule has 0 aliphatic rings. The molecular weight excluding hydrogens is 238 g/mol.